The van der Waals surface area contributed by atoms with Crippen molar-refractivity contribution in [1.82, 2.24) is 14.9 Å². The summed E-state index contributed by atoms with van der Waals surface area (Å²) in [5.41, 5.74) is 1.52. The van der Waals surface area contributed by atoms with Crippen LogP contribution in [0.3, 0.4) is 0 Å². The first-order chi connectivity index (χ1) is 16.7. The maximum atomic E-state index is 13.7. The molecule has 0 unspecified atom stereocenters. The molecule has 1 aliphatic rings. The van der Waals surface area contributed by atoms with E-state index in [0.29, 0.717) is 33.7 Å². The maximum Gasteiger partial charge on any atom is 0.289 e. The van der Waals surface area contributed by atoms with Gasteiger partial charge in [0.15, 0.2) is 10.1 Å². The number of carbonyl (C=O) groups excluding carboxylic acids is 1. The molecule has 0 aliphatic carbocycles. The van der Waals surface area contributed by atoms with Crippen molar-refractivity contribution in [2.75, 3.05) is 58.5 Å². The van der Waals surface area contributed by atoms with E-state index in [4.69, 9.17) is 19.2 Å². The number of hydrogen-bond acceptors (Lipinski definition) is 9. The summed E-state index contributed by atoms with van der Waals surface area (Å²) in [6.07, 6.45) is 0.820. The number of rotatable bonds is 8. The lowest BCUT2D eigenvalue weighted by Crippen LogP contribution is -2.39. The van der Waals surface area contributed by atoms with Gasteiger partial charge in [0.2, 0.25) is 0 Å². The van der Waals surface area contributed by atoms with Crippen LogP contribution in [0.4, 0.5) is 5.13 Å². The van der Waals surface area contributed by atoms with E-state index in [-0.39, 0.29) is 5.91 Å². The fourth-order valence-electron chi connectivity index (χ4n) is 4.03. The predicted octanol–water partition coefficient (Wildman–Crippen LogP) is 4.29. The first-order valence-electron chi connectivity index (χ1n) is 11.2. The molecule has 5 rings (SSSR count). The Bertz CT molecular complexity index is 1220. The molecule has 3 heterocycles. The van der Waals surface area contributed by atoms with Crippen LogP contribution in [0, 0.1) is 0 Å². The van der Waals surface area contributed by atoms with E-state index < -0.39 is 0 Å². The predicted molar refractivity (Wildman–Crippen MR) is 136 cm³/mol. The molecule has 1 aliphatic heterocycles. The van der Waals surface area contributed by atoms with Crippen LogP contribution in [0.15, 0.2) is 36.4 Å². The number of fused-ring (bicyclic) bond motifs is 2. The zero-order valence-corrected chi connectivity index (χ0v) is 20.8. The van der Waals surface area contributed by atoms with Crippen molar-refractivity contribution >= 4 is 54.1 Å². The minimum atomic E-state index is -0.139. The molecule has 1 fully saturated rings. The van der Waals surface area contributed by atoms with E-state index in [1.165, 1.54) is 22.7 Å². The molecule has 8 nitrogen and oxygen atoms in total. The Morgan fingerprint density at radius 1 is 1.06 bits per heavy atom. The van der Waals surface area contributed by atoms with E-state index in [0.717, 1.165) is 54.2 Å². The summed E-state index contributed by atoms with van der Waals surface area (Å²) in [6, 6.07) is 11.5. The quantitative estimate of drug-likeness (QED) is 0.359. The van der Waals surface area contributed by atoms with Crippen LogP contribution in [0.25, 0.3) is 20.4 Å². The van der Waals surface area contributed by atoms with E-state index in [1.54, 1.807) is 19.1 Å². The fourth-order valence-corrected chi connectivity index (χ4v) is 6.04. The Balaban J connectivity index is 1.48. The molecule has 10 heteroatoms. The number of ether oxygens (including phenoxy) is 3. The van der Waals surface area contributed by atoms with Crippen LogP contribution in [0.2, 0.25) is 0 Å². The van der Waals surface area contributed by atoms with E-state index >= 15 is 0 Å². The van der Waals surface area contributed by atoms with Gasteiger partial charge in [-0.3, -0.25) is 14.6 Å². The topological polar surface area (TPSA) is 77.0 Å². The monoisotopic (exact) mass is 498 g/mol. The highest BCUT2D eigenvalue weighted by atomic mass is 32.1. The zero-order valence-electron chi connectivity index (χ0n) is 19.2. The fraction of sp³-hybridized carbons (Fsp3) is 0.375. The van der Waals surface area contributed by atoms with Crippen LogP contribution < -0.4 is 14.4 Å². The Kier molecular flexibility index (Phi) is 6.91. The van der Waals surface area contributed by atoms with Crippen LogP contribution >= 0.6 is 22.7 Å². The number of amides is 1. The Hall–Kier alpha value is -2.79. The lowest BCUT2D eigenvalue weighted by molar-refractivity contribution is 0.0376. The van der Waals surface area contributed by atoms with Gasteiger partial charge in [-0.2, -0.15) is 0 Å². The number of methoxy groups -OCH3 is 2. The second kappa shape index (κ2) is 10.2. The number of carbonyl (C=O) groups is 1. The van der Waals surface area contributed by atoms with Gasteiger partial charge in [0.05, 0.1) is 37.6 Å². The second-order valence-corrected chi connectivity index (χ2v) is 9.90. The molecule has 2 aromatic carbocycles. The zero-order chi connectivity index (χ0) is 23.5. The van der Waals surface area contributed by atoms with Gasteiger partial charge in [0.25, 0.3) is 5.91 Å². The summed E-state index contributed by atoms with van der Waals surface area (Å²) in [7, 11) is 3.25. The van der Waals surface area contributed by atoms with E-state index in [9.17, 15) is 4.79 Å². The Labute approximate surface area is 205 Å². The summed E-state index contributed by atoms with van der Waals surface area (Å²) >= 11 is 2.84. The van der Waals surface area contributed by atoms with Crippen molar-refractivity contribution in [3.8, 4) is 11.5 Å². The smallest absolute Gasteiger partial charge is 0.289 e. The molecular weight excluding hydrogens is 472 g/mol. The van der Waals surface area contributed by atoms with E-state index in [1.807, 2.05) is 36.4 Å². The van der Waals surface area contributed by atoms with Gasteiger partial charge in [0, 0.05) is 26.2 Å². The number of anilines is 1. The number of para-hydroxylation sites is 1. The van der Waals surface area contributed by atoms with Gasteiger partial charge >= 0.3 is 0 Å². The summed E-state index contributed by atoms with van der Waals surface area (Å²) in [6.45, 7) is 4.78. The number of benzene rings is 2. The Morgan fingerprint density at radius 2 is 1.82 bits per heavy atom. The molecule has 2 aromatic heterocycles. The SMILES string of the molecule is COc1ccc(OC)c2sc(N(CCCN3CCOCC3)C(=O)c3nc4ccccc4s3)nc12. The van der Waals surface area contributed by atoms with Gasteiger partial charge in [-0.25, -0.2) is 9.97 Å². The standard InChI is InChI=1S/C24H26N4O4S2/c1-30-17-8-9-18(31-2)21-20(17)26-24(34-21)28(11-5-10-27-12-14-32-15-13-27)23(29)22-25-16-6-3-4-7-19(16)33-22/h3-4,6-9H,5,10-15H2,1-2H3. The third kappa shape index (κ3) is 4.58. The van der Waals surface area contributed by atoms with Crippen molar-refractivity contribution in [1.29, 1.82) is 0 Å². The molecule has 34 heavy (non-hydrogen) atoms. The highest BCUT2D eigenvalue weighted by molar-refractivity contribution is 7.23. The first kappa shape index (κ1) is 23.0. The van der Waals surface area contributed by atoms with Gasteiger partial charge in [-0.05, 0) is 30.7 Å². The molecule has 0 radical (unpaired) electrons. The van der Waals surface area contributed by atoms with Crippen molar-refractivity contribution in [2.24, 2.45) is 0 Å². The summed E-state index contributed by atoms with van der Waals surface area (Å²) in [4.78, 5) is 27.3. The molecule has 0 N–H and O–H groups in total. The highest BCUT2D eigenvalue weighted by Gasteiger charge is 2.26. The molecule has 178 valence electrons. The van der Waals surface area contributed by atoms with Gasteiger partial charge in [-0.1, -0.05) is 23.5 Å². The van der Waals surface area contributed by atoms with Crippen LogP contribution in [-0.2, 0) is 4.74 Å². The number of nitrogens with zero attached hydrogens (tertiary/aromatic N) is 4. The minimum Gasteiger partial charge on any atom is -0.495 e. The van der Waals surface area contributed by atoms with E-state index in [2.05, 4.69) is 9.88 Å². The van der Waals surface area contributed by atoms with Gasteiger partial charge in [-0.15, -0.1) is 11.3 Å². The van der Waals surface area contributed by atoms with Crippen molar-refractivity contribution < 1.29 is 19.0 Å². The lowest BCUT2D eigenvalue weighted by atomic mass is 10.3. The van der Waals surface area contributed by atoms with Crippen molar-refractivity contribution in [3.63, 3.8) is 0 Å². The molecule has 4 aromatic rings. The molecule has 0 saturated carbocycles. The molecular formula is C24H26N4O4S2. The van der Waals surface area contributed by atoms with Crippen LogP contribution in [0.1, 0.15) is 16.2 Å². The third-order valence-electron chi connectivity index (χ3n) is 5.81. The number of thiazole rings is 2. The molecule has 1 saturated heterocycles. The van der Waals surface area contributed by atoms with Crippen LogP contribution in [0.5, 0.6) is 11.5 Å². The van der Waals surface area contributed by atoms with Crippen molar-refractivity contribution in [3.05, 3.63) is 41.4 Å². The molecule has 0 atom stereocenters. The normalized spacial score (nSPS) is 14.5. The summed E-state index contributed by atoms with van der Waals surface area (Å²) in [5, 5.41) is 1.08. The first-order valence-corrected chi connectivity index (χ1v) is 12.8. The lowest BCUT2D eigenvalue weighted by Gasteiger charge is -2.27. The number of aromatic nitrogens is 2. The minimum absolute atomic E-state index is 0.139. The third-order valence-corrected chi connectivity index (χ3v) is 7.93. The average molecular weight is 499 g/mol. The summed E-state index contributed by atoms with van der Waals surface area (Å²) in [5.74, 6) is 1.22. The number of hydrogen-bond donors (Lipinski definition) is 0. The number of morpholine rings is 1. The maximum absolute atomic E-state index is 13.7. The highest BCUT2D eigenvalue weighted by Crippen LogP contribution is 2.40. The van der Waals surface area contributed by atoms with Crippen LogP contribution in [-0.4, -0.2) is 74.4 Å². The van der Waals surface area contributed by atoms with Gasteiger partial charge in [0.1, 0.15) is 21.7 Å². The average Bonchev–Trinajstić information content (AvgIpc) is 3.51. The largest absolute Gasteiger partial charge is 0.495 e. The summed E-state index contributed by atoms with van der Waals surface area (Å²) < 4.78 is 18.4. The molecule has 0 spiro atoms. The van der Waals surface area contributed by atoms with Crippen molar-refractivity contribution in [2.45, 2.75) is 6.42 Å². The van der Waals surface area contributed by atoms with Gasteiger partial charge < -0.3 is 14.2 Å². The molecule has 1 amide bonds. The molecule has 0 bridgehead atoms. The second-order valence-electron chi connectivity index (χ2n) is 7.90. The Morgan fingerprint density at radius 3 is 2.59 bits per heavy atom.